The van der Waals surface area contributed by atoms with Crippen LogP contribution in [0.15, 0.2) is 134 Å². The minimum Gasteiger partial charge on any atom is -0.756 e. The van der Waals surface area contributed by atoms with Gasteiger partial charge in [-0.25, -0.2) is 0 Å². The van der Waals surface area contributed by atoms with Gasteiger partial charge in [0.1, 0.15) is 13.2 Å². The number of phosphoric ester groups is 1. The number of aliphatic hydroxyl groups excluding tert-OH is 1. The molecule has 0 aromatic rings. The molecule has 0 fully saturated rings. The summed E-state index contributed by atoms with van der Waals surface area (Å²) in [5.74, 6) is -0.212. The summed E-state index contributed by atoms with van der Waals surface area (Å²) in [6.45, 7) is 4.50. The van der Waals surface area contributed by atoms with Crippen molar-refractivity contribution in [3.8, 4) is 0 Å². The zero-order chi connectivity index (χ0) is 54.2. The van der Waals surface area contributed by atoms with Crippen molar-refractivity contribution >= 4 is 13.7 Å². The molecule has 1 amide bonds. The molecule has 422 valence electrons. The minimum absolute atomic E-state index is 0.00906. The van der Waals surface area contributed by atoms with Crippen LogP contribution in [0.3, 0.4) is 0 Å². The largest absolute Gasteiger partial charge is 0.756 e. The standard InChI is InChI=1S/C65H111N2O6P/c1-6-8-10-12-14-16-18-20-21-22-23-24-25-26-27-28-29-30-31-32-33-34-35-36-37-38-39-40-41-42-43-44-45-47-49-51-53-55-57-59-65(69)66-63(62-73-74(70,71)72-61-60-67(3,4)5)64(68)58-56-54-52-50-48-46-19-17-15-13-11-9-7-2/h8,10,14,16,20-21,23-24,26-27,29-30,32-33,35-36,38-39,41-42,56,58,63-64,68H,6-7,9,11-13,15,17-19,22,25,28,31,34,37,40,43-55,57,59-62H2,1-5H3,(H-,66,69,70,71)/b10-8-,16-14-,21-20-,24-23-,27-26-,30-29-,33-32-,36-35-,39-38-,42-41-,58-56+. The third kappa shape index (κ3) is 56.4. The molecule has 0 bridgehead atoms. The number of allylic oxidation sites excluding steroid dienone is 21. The van der Waals surface area contributed by atoms with Crippen molar-refractivity contribution in [2.24, 2.45) is 0 Å². The van der Waals surface area contributed by atoms with E-state index >= 15 is 0 Å². The summed E-state index contributed by atoms with van der Waals surface area (Å²) < 4.78 is 23.3. The van der Waals surface area contributed by atoms with E-state index < -0.39 is 26.6 Å². The van der Waals surface area contributed by atoms with E-state index in [0.29, 0.717) is 17.4 Å². The third-order valence-corrected chi connectivity index (χ3v) is 13.3. The van der Waals surface area contributed by atoms with Crippen LogP contribution in [-0.4, -0.2) is 68.5 Å². The van der Waals surface area contributed by atoms with Gasteiger partial charge in [0.2, 0.25) is 5.91 Å². The average Bonchev–Trinajstić information content (AvgIpc) is 3.36. The first-order valence-corrected chi connectivity index (χ1v) is 31.0. The number of nitrogens with zero attached hydrogens (tertiary/aromatic N) is 1. The fourth-order valence-corrected chi connectivity index (χ4v) is 8.49. The number of unbranched alkanes of at least 4 members (excludes halogenated alkanes) is 19. The predicted octanol–water partition coefficient (Wildman–Crippen LogP) is 17.7. The summed E-state index contributed by atoms with van der Waals surface area (Å²) in [5.41, 5.74) is 0. The fraction of sp³-hybridized carbons (Fsp3) is 0.646. The number of phosphoric acid groups is 1. The number of quaternary nitrogens is 1. The highest BCUT2D eigenvalue weighted by Crippen LogP contribution is 2.38. The maximum Gasteiger partial charge on any atom is 0.268 e. The number of hydrogen-bond donors (Lipinski definition) is 2. The van der Waals surface area contributed by atoms with Crippen LogP contribution in [0.4, 0.5) is 0 Å². The highest BCUT2D eigenvalue weighted by Gasteiger charge is 2.23. The number of likely N-dealkylation sites (N-methyl/N-ethyl adjacent to an activating group) is 1. The summed E-state index contributed by atoms with van der Waals surface area (Å²) in [6.07, 6.45) is 82.4. The first-order chi connectivity index (χ1) is 36.0. The Morgan fingerprint density at radius 3 is 1.20 bits per heavy atom. The molecule has 0 aliphatic carbocycles. The fourth-order valence-electron chi connectivity index (χ4n) is 7.77. The van der Waals surface area contributed by atoms with E-state index in [1.807, 2.05) is 27.2 Å². The highest BCUT2D eigenvalue weighted by molar-refractivity contribution is 7.45. The van der Waals surface area contributed by atoms with Gasteiger partial charge in [-0.1, -0.05) is 250 Å². The van der Waals surface area contributed by atoms with Crippen molar-refractivity contribution in [1.29, 1.82) is 0 Å². The van der Waals surface area contributed by atoms with Gasteiger partial charge in [-0.3, -0.25) is 9.36 Å². The van der Waals surface area contributed by atoms with Crippen LogP contribution in [0.1, 0.15) is 219 Å². The Morgan fingerprint density at radius 1 is 0.486 bits per heavy atom. The van der Waals surface area contributed by atoms with Crippen LogP contribution in [0, 0.1) is 0 Å². The van der Waals surface area contributed by atoms with Gasteiger partial charge in [0.05, 0.1) is 39.9 Å². The van der Waals surface area contributed by atoms with Crippen molar-refractivity contribution < 1.29 is 32.9 Å². The number of carbonyl (C=O) groups is 1. The van der Waals surface area contributed by atoms with Crippen molar-refractivity contribution in [2.45, 2.75) is 231 Å². The van der Waals surface area contributed by atoms with E-state index in [4.69, 9.17) is 9.05 Å². The number of carbonyl (C=O) groups excluding carboxylic acids is 1. The Balaban J connectivity index is 4.13. The summed E-state index contributed by atoms with van der Waals surface area (Å²) in [6, 6.07) is -0.899. The van der Waals surface area contributed by atoms with E-state index in [9.17, 15) is 19.4 Å². The number of rotatable bonds is 52. The zero-order valence-electron chi connectivity index (χ0n) is 48.0. The molecule has 9 heteroatoms. The third-order valence-electron chi connectivity index (χ3n) is 12.4. The topological polar surface area (TPSA) is 108 Å². The van der Waals surface area contributed by atoms with Crippen LogP contribution in [-0.2, 0) is 18.4 Å². The number of aliphatic hydroxyl groups is 1. The van der Waals surface area contributed by atoms with Crippen molar-refractivity contribution in [1.82, 2.24) is 5.32 Å². The first-order valence-electron chi connectivity index (χ1n) is 29.5. The van der Waals surface area contributed by atoms with Crippen LogP contribution in [0.2, 0.25) is 0 Å². The molecule has 74 heavy (non-hydrogen) atoms. The van der Waals surface area contributed by atoms with Crippen LogP contribution in [0.25, 0.3) is 0 Å². The van der Waals surface area contributed by atoms with Crippen molar-refractivity contribution in [2.75, 3.05) is 40.9 Å². The molecule has 0 rings (SSSR count). The Kier molecular flexibility index (Phi) is 52.0. The Labute approximate surface area is 456 Å². The molecule has 2 N–H and O–H groups in total. The molecule has 0 saturated carbocycles. The molecule has 0 heterocycles. The molecule has 0 aliphatic heterocycles. The first kappa shape index (κ1) is 70.6. The summed E-state index contributed by atoms with van der Waals surface area (Å²) >= 11 is 0. The molecular weight excluding hydrogens is 936 g/mol. The van der Waals surface area contributed by atoms with Crippen LogP contribution < -0.4 is 10.2 Å². The molecule has 0 saturated heterocycles. The molecule has 0 aliphatic rings. The Morgan fingerprint density at radius 2 is 0.824 bits per heavy atom. The van der Waals surface area contributed by atoms with Crippen molar-refractivity contribution in [3.05, 3.63) is 134 Å². The van der Waals surface area contributed by atoms with E-state index in [1.165, 1.54) is 83.5 Å². The molecule has 0 spiro atoms. The predicted molar refractivity (Wildman–Crippen MR) is 320 cm³/mol. The summed E-state index contributed by atoms with van der Waals surface area (Å²) in [7, 11) is 1.24. The Bertz CT molecular complexity index is 1660. The molecule has 3 atom stereocenters. The lowest BCUT2D eigenvalue weighted by molar-refractivity contribution is -0.870. The summed E-state index contributed by atoms with van der Waals surface area (Å²) in [5, 5.41) is 13.8. The van der Waals surface area contributed by atoms with Gasteiger partial charge >= 0.3 is 0 Å². The summed E-state index contributed by atoms with van der Waals surface area (Å²) in [4.78, 5) is 25.4. The highest BCUT2D eigenvalue weighted by atomic mass is 31.2. The monoisotopic (exact) mass is 1050 g/mol. The lowest BCUT2D eigenvalue weighted by Gasteiger charge is -2.29. The lowest BCUT2D eigenvalue weighted by Crippen LogP contribution is -2.45. The van der Waals surface area contributed by atoms with E-state index in [2.05, 4.69) is 141 Å². The van der Waals surface area contributed by atoms with E-state index in [1.54, 1.807) is 6.08 Å². The van der Waals surface area contributed by atoms with Gasteiger partial charge < -0.3 is 28.8 Å². The second-order valence-corrected chi connectivity index (χ2v) is 22.0. The molecule has 0 aromatic heterocycles. The lowest BCUT2D eigenvalue weighted by atomic mass is 10.0. The molecular formula is C65H111N2O6P. The molecule has 0 radical (unpaired) electrons. The van der Waals surface area contributed by atoms with Gasteiger partial charge in [-0.05, 0) is 96.3 Å². The second kappa shape index (κ2) is 54.4. The van der Waals surface area contributed by atoms with E-state index in [-0.39, 0.29) is 12.5 Å². The van der Waals surface area contributed by atoms with Crippen LogP contribution >= 0.6 is 7.82 Å². The molecule has 0 aromatic carbocycles. The van der Waals surface area contributed by atoms with Gasteiger partial charge in [-0.15, -0.1) is 0 Å². The molecule has 8 nitrogen and oxygen atoms in total. The molecule has 3 unspecified atom stereocenters. The van der Waals surface area contributed by atoms with E-state index in [0.717, 1.165) is 116 Å². The van der Waals surface area contributed by atoms with Crippen LogP contribution in [0.5, 0.6) is 0 Å². The average molecular weight is 1050 g/mol. The second-order valence-electron chi connectivity index (χ2n) is 20.6. The number of hydrogen-bond acceptors (Lipinski definition) is 6. The minimum atomic E-state index is -4.60. The SMILES string of the molecule is CC/C=C\C/C=C\C/C=C\C/C=C\C/C=C\C/C=C\C/C=C\C/C=C\C/C=C\C/C=C\CCCCCCCCCCC(=O)NC(COP(=O)([O-])OCC[N+](C)(C)C)C(O)/C=C/CCCCCCCCCCCCC. The van der Waals surface area contributed by atoms with Gasteiger partial charge in [-0.2, -0.15) is 0 Å². The smallest absolute Gasteiger partial charge is 0.268 e. The van der Waals surface area contributed by atoms with Gasteiger partial charge in [0.25, 0.3) is 7.82 Å². The zero-order valence-corrected chi connectivity index (χ0v) is 48.9. The number of amides is 1. The van der Waals surface area contributed by atoms with Gasteiger partial charge in [0.15, 0.2) is 0 Å². The maximum absolute atomic E-state index is 12.9. The quantitative estimate of drug-likeness (QED) is 0.0272. The maximum atomic E-state index is 12.9. The normalized spacial score (nSPS) is 14.9. The van der Waals surface area contributed by atoms with Gasteiger partial charge in [0, 0.05) is 6.42 Å². The van der Waals surface area contributed by atoms with Crippen molar-refractivity contribution in [3.63, 3.8) is 0 Å². The Hall–Kier alpha value is -3.36. The number of nitrogens with one attached hydrogen (secondary N) is 1.